The van der Waals surface area contributed by atoms with E-state index in [-0.39, 0.29) is 11.9 Å². The third-order valence-electron chi connectivity index (χ3n) is 4.93. The zero-order valence-corrected chi connectivity index (χ0v) is 19.2. The molecule has 0 aliphatic heterocycles. The number of hydrogen-bond acceptors (Lipinski definition) is 5. The van der Waals surface area contributed by atoms with Crippen LogP contribution in [0.15, 0.2) is 83.9 Å². The quantitative estimate of drug-likeness (QED) is 0.250. The van der Waals surface area contributed by atoms with Gasteiger partial charge in [-0.1, -0.05) is 30.3 Å². The van der Waals surface area contributed by atoms with Crippen LogP contribution in [0.3, 0.4) is 0 Å². The third-order valence-corrected chi connectivity index (χ3v) is 4.93. The molecule has 0 saturated carbocycles. The molecule has 0 fully saturated rings. The van der Waals surface area contributed by atoms with E-state index >= 15 is 0 Å². The number of amidine groups is 1. The van der Waals surface area contributed by atoms with E-state index in [0.717, 1.165) is 22.8 Å². The fraction of sp³-hybridized carbons (Fsp3) is 0.222. The molecule has 3 aromatic rings. The second-order valence-electron chi connectivity index (χ2n) is 7.22. The summed E-state index contributed by atoms with van der Waals surface area (Å²) < 4.78 is 10.2. The summed E-state index contributed by atoms with van der Waals surface area (Å²) in [4.78, 5) is 30.8. The second kappa shape index (κ2) is 11.6. The summed E-state index contributed by atoms with van der Waals surface area (Å²) in [7, 11) is 0. The van der Waals surface area contributed by atoms with Crippen molar-refractivity contribution in [2.45, 2.75) is 27.3 Å². The molecule has 0 saturated heterocycles. The van der Waals surface area contributed by atoms with Crippen LogP contribution in [0.25, 0.3) is 0 Å². The molecule has 0 unspecified atom stereocenters. The molecule has 33 heavy (non-hydrogen) atoms. The molecule has 0 heterocycles. The molecule has 3 aromatic carbocycles. The lowest BCUT2D eigenvalue weighted by molar-refractivity contribution is 0.0517. The van der Waals surface area contributed by atoms with Crippen LogP contribution in [0, 0.1) is 0 Å². The zero-order chi connectivity index (χ0) is 23.6. The van der Waals surface area contributed by atoms with Crippen molar-refractivity contribution in [1.29, 1.82) is 0 Å². The van der Waals surface area contributed by atoms with Gasteiger partial charge in [0.1, 0.15) is 5.84 Å². The number of hydrogen-bond donors (Lipinski definition) is 0. The normalized spacial score (nSPS) is 11.1. The van der Waals surface area contributed by atoms with Crippen molar-refractivity contribution in [3.63, 3.8) is 0 Å². The van der Waals surface area contributed by atoms with Gasteiger partial charge in [0, 0.05) is 11.4 Å². The molecule has 0 aliphatic rings. The van der Waals surface area contributed by atoms with Gasteiger partial charge >= 0.3 is 11.9 Å². The van der Waals surface area contributed by atoms with Crippen LogP contribution in [0.4, 0.5) is 11.4 Å². The Morgan fingerprint density at radius 2 is 1.18 bits per heavy atom. The number of rotatable bonds is 8. The van der Waals surface area contributed by atoms with E-state index in [1.165, 1.54) is 0 Å². The summed E-state index contributed by atoms with van der Waals surface area (Å²) >= 11 is 0. The van der Waals surface area contributed by atoms with Crippen molar-refractivity contribution in [1.82, 2.24) is 0 Å². The predicted molar refractivity (Wildman–Crippen MR) is 130 cm³/mol. The van der Waals surface area contributed by atoms with Gasteiger partial charge in [-0.3, -0.25) is 9.89 Å². The van der Waals surface area contributed by atoms with E-state index < -0.39 is 0 Å². The molecular formula is C27H28N2O4. The third kappa shape index (κ3) is 6.29. The molecule has 6 heteroatoms. The van der Waals surface area contributed by atoms with Gasteiger partial charge < -0.3 is 9.47 Å². The lowest BCUT2D eigenvalue weighted by atomic mass is 10.1. The molecule has 0 aromatic heterocycles. The summed E-state index contributed by atoms with van der Waals surface area (Å²) in [5.41, 5.74) is 3.74. The molecule has 0 atom stereocenters. The summed E-state index contributed by atoms with van der Waals surface area (Å²) in [5.74, 6) is 0.0549. The maximum Gasteiger partial charge on any atom is 0.338 e. The van der Waals surface area contributed by atoms with Crippen LogP contribution >= 0.6 is 0 Å². The van der Waals surface area contributed by atoms with Crippen LogP contribution in [0.5, 0.6) is 0 Å². The Bertz CT molecular complexity index is 1030. The zero-order valence-electron chi connectivity index (χ0n) is 19.2. The molecule has 3 rings (SSSR count). The number of nitrogens with zero attached hydrogens (tertiary/aromatic N) is 2. The first-order valence-electron chi connectivity index (χ1n) is 10.9. The Balaban J connectivity index is 1.94. The van der Waals surface area contributed by atoms with Crippen LogP contribution in [-0.2, 0) is 16.0 Å². The van der Waals surface area contributed by atoms with Crippen LogP contribution in [-0.4, -0.2) is 31.0 Å². The van der Waals surface area contributed by atoms with Crippen LogP contribution < -0.4 is 4.90 Å². The predicted octanol–water partition coefficient (Wildman–Crippen LogP) is 5.80. The Kier molecular flexibility index (Phi) is 8.36. The topological polar surface area (TPSA) is 68.2 Å². The van der Waals surface area contributed by atoms with Crippen molar-refractivity contribution >= 4 is 29.1 Å². The highest BCUT2D eigenvalue weighted by molar-refractivity contribution is 6.03. The SMILES string of the molecule is CCOC(=O)c1ccc(N(C(C)=NCc2ccccc2)c2ccc(C(=O)OCC)cc2)cc1. The molecule has 170 valence electrons. The van der Waals surface area contributed by atoms with E-state index in [9.17, 15) is 9.59 Å². The summed E-state index contributed by atoms with van der Waals surface area (Å²) in [6, 6.07) is 24.4. The van der Waals surface area contributed by atoms with E-state index in [1.807, 2.05) is 66.4 Å². The Labute approximate surface area is 194 Å². The van der Waals surface area contributed by atoms with E-state index in [0.29, 0.717) is 30.9 Å². The van der Waals surface area contributed by atoms with Gasteiger partial charge in [-0.25, -0.2) is 9.59 Å². The smallest absolute Gasteiger partial charge is 0.338 e. The molecule has 0 radical (unpaired) electrons. The molecule has 0 bridgehead atoms. The minimum Gasteiger partial charge on any atom is -0.462 e. The van der Waals surface area contributed by atoms with E-state index in [2.05, 4.69) is 0 Å². The fourth-order valence-electron chi connectivity index (χ4n) is 3.30. The minimum atomic E-state index is -0.358. The molecule has 0 N–H and O–H groups in total. The first-order valence-corrected chi connectivity index (χ1v) is 10.9. The lowest BCUT2D eigenvalue weighted by Crippen LogP contribution is -2.23. The van der Waals surface area contributed by atoms with Gasteiger partial charge in [-0.05, 0) is 74.9 Å². The monoisotopic (exact) mass is 444 g/mol. The number of ether oxygens (including phenoxy) is 2. The maximum absolute atomic E-state index is 12.0. The number of carbonyl (C=O) groups excluding carboxylic acids is 2. The Hall–Kier alpha value is -3.93. The van der Waals surface area contributed by atoms with Crippen molar-refractivity contribution in [3.8, 4) is 0 Å². The first-order chi connectivity index (χ1) is 16.0. The largest absolute Gasteiger partial charge is 0.462 e. The number of esters is 2. The van der Waals surface area contributed by atoms with Crippen molar-refractivity contribution in [2.75, 3.05) is 18.1 Å². The second-order valence-corrected chi connectivity index (χ2v) is 7.22. The van der Waals surface area contributed by atoms with Gasteiger partial charge in [0.15, 0.2) is 0 Å². The molecule has 0 spiro atoms. The molecular weight excluding hydrogens is 416 g/mol. The van der Waals surface area contributed by atoms with Gasteiger partial charge in [0.25, 0.3) is 0 Å². The van der Waals surface area contributed by atoms with Crippen LogP contribution in [0.2, 0.25) is 0 Å². The van der Waals surface area contributed by atoms with Crippen molar-refractivity contribution < 1.29 is 19.1 Å². The van der Waals surface area contributed by atoms with Crippen molar-refractivity contribution in [2.24, 2.45) is 4.99 Å². The molecule has 0 aliphatic carbocycles. The van der Waals surface area contributed by atoms with Crippen molar-refractivity contribution in [3.05, 3.63) is 95.6 Å². The van der Waals surface area contributed by atoms with Gasteiger partial charge in [0.2, 0.25) is 0 Å². The van der Waals surface area contributed by atoms with E-state index in [4.69, 9.17) is 14.5 Å². The average molecular weight is 445 g/mol. The Morgan fingerprint density at radius 3 is 1.61 bits per heavy atom. The highest BCUT2D eigenvalue weighted by Crippen LogP contribution is 2.27. The summed E-state index contributed by atoms with van der Waals surface area (Å²) in [6.45, 7) is 6.67. The number of anilines is 2. The van der Waals surface area contributed by atoms with E-state index in [1.54, 1.807) is 38.1 Å². The van der Waals surface area contributed by atoms with Gasteiger partial charge in [0.05, 0.1) is 30.9 Å². The van der Waals surface area contributed by atoms with Crippen LogP contribution in [0.1, 0.15) is 47.1 Å². The number of aliphatic imine (C=N–C) groups is 1. The summed E-state index contributed by atoms with van der Waals surface area (Å²) in [6.07, 6.45) is 0. The van der Waals surface area contributed by atoms with Gasteiger partial charge in [-0.2, -0.15) is 0 Å². The van der Waals surface area contributed by atoms with Gasteiger partial charge in [-0.15, -0.1) is 0 Å². The first kappa shape index (κ1) is 23.7. The fourth-order valence-corrected chi connectivity index (χ4v) is 3.30. The lowest BCUT2D eigenvalue weighted by Gasteiger charge is -2.25. The highest BCUT2D eigenvalue weighted by Gasteiger charge is 2.16. The molecule has 6 nitrogen and oxygen atoms in total. The summed E-state index contributed by atoms with van der Waals surface area (Å²) in [5, 5.41) is 0. The minimum absolute atomic E-state index is 0.324. The standard InChI is InChI=1S/C27H28N2O4/c1-4-32-26(30)22-11-15-24(16-12-22)29(20(3)28-19-21-9-7-6-8-10-21)25-17-13-23(14-18-25)27(31)33-5-2/h6-18H,4-5,19H2,1-3H3. The highest BCUT2D eigenvalue weighted by atomic mass is 16.5. The molecule has 0 amide bonds. The number of benzene rings is 3. The average Bonchev–Trinajstić information content (AvgIpc) is 2.85. The maximum atomic E-state index is 12.0. The Morgan fingerprint density at radius 1 is 0.727 bits per heavy atom. The number of carbonyl (C=O) groups is 2.